The minimum Gasteiger partial charge on any atom is -0.451 e. The molecule has 0 saturated heterocycles. The lowest BCUT2D eigenvalue weighted by Gasteiger charge is -2.20. The van der Waals surface area contributed by atoms with E-state index in [4.69, 9.17) is 4.42 Å². The fraction of sp³-hybridized carbons (Fsp3) is 0.292. The molecule has 162 valence electrons. The number of hydrazine groups is 1. The standard InChI is InChI=1S/C24H27N3O4/c1-14(2)13-19(25-22(28)17-10-6-5-9-15(17)3)23(29)26-27-24(30)21-16(4)18-11-7-8-12-20(18)31-21/h5-12,14,19H,13H2,1-4H3,(H,25,28)(H,26,29)(H,27,30)/t19-/m1/s1. The van der Waals surface area contributed by atoms with E-state index in [0.29, 0.717) is 23.1 Å². The predicted octanol–water partition coefficient (Wildman–Crippen LogP) is 3.66. The largest absolute Gasteiger partial charge is 0.451 e. The summed E-state index contributed by atoms with van der Waals surface area (Å²) in [6.07, 6.45) is 0.420. The van der Waals surface area contributed by atoms with Crippen molar-refractivity contribution >= 4 is 28.7 Å². The lowest BCUT2D eigenvalue weighted by molar-refractivity contribution is -0.124. The van der Waals surface area contributed by atoms with Crippen molar-refractivity contribution in [3.8, 4) is 0 Å². The van der Waals surface area contributed by atoms with Crippen LogP contribution in [0.25, 0.3) is 11.0 Å². The quantitative estimate of drug-likeness (QED) is 0.529. The van der Waals surface area contributed by atoms with Gasteiger partial charge in [-0.25, -0.2) is 0 Å². The summed E-state index contributed by atoms with van der Waals surface area (Å²) in [5.74, 6) is -1.11. The maximum atomic E-state index is 12.8. The monoisotopic (exact) mass is 421 g/mol. The van der Waals surface area contributed by atoms with E-state index in [1.165, 1.54) is 0 Å². The summed E-state index contributed by atoms with van der Waals surface area (Å²) < 4.78 is 5.62. The van der Waals surface area contributed by atoms with Gasteiger partial charge in [-0.1, -0.05) is 50.2 Å². The van der Waals surface area contributed by atoms with E-state index in [-0.39, 0.29) is 17.6 Å². The fourth-order valence-corrected chi connectivity index (χ4v) is 3.42. The second kappa shape index (κ2) is 9.47. The zero-order valence-corrected chi connectivity index (χ0v) is 18.1. The lowest BCUT2D eigenvalue weighted by Crippen LogP contribution is -2.52. The summed E-state index contributed by atoms with van der Waals surface area (Å²) in [5.41, 5.74) is 7.42. The van der Waals surface area contributed by atoms with Gasteiger partial charge in [0.05, 0.1) is 0 Å². The highest BCUT2D eigenvalue weighted by Crippen LogP contribution is 2.24. The zero-order chi connectivity index (χ0) is 22.5. The molecule has 0 bridgehead atoms. The molecule has 0 radical (unpaired) electrons. The van der Waals surface area contributed by atoms with E-state index >= 15 is 0 Å². The molecule has 3 rings (SSSR count). The predicted molar refractivity (Wildman–Crippen MR) is 118 cm³/mol. The van der Waals surface area contributed by atoms with Crippen LogP contribution < -0.4 is 16.2 Å². The molecular weight excluding hydrogens is 394 g/mol. The summed E-state index contributed by atoms with van der Waals surface area (Å²) >= 11 is 0. The van der Waals surface area contributed by atoms with Crippen molar-refractivity contribution in [2.75, 3.05) is 0 Å². The van der Waals surface area contributed by atoms with Crippen LogP contribution in [0.3, 0.4) is 0 Å². The van der Waals surface area contributed by atoms with Gasteiger partial charge < -0.3 is 9.73 Å². The summed E-state index contributed by atoms with van der Waals surface area (Å²) in [6, 6.07) is 13.7. The maximum absolute atomic E-state index is 12.8. The van der Waals surface area contributed by atoms with Crippen molar-refractivity contribution < 1.29 is 18.8 Å². The smallest absolute Gasteiger partial charge is 0.305 e. The number of aryl methyl sites for hydroxylation is 2. The van der Waals surface area contributed by atoms with E-state index < -0.39 is 17.9 Å². The third kappa shape index (κ3) is 5.12. The topological polar surface area (TPSA) is 100 Å². The normalized spacial score (nSPS) is 11.9. The molecular formula is C24H27N3O4. The van der Waals surface area contributed by atoms with Crippen LogP contribution in [0.1, 0.15) is 52.3 Å². The first-order chi connectivity index (χ1) is 14.8. The van der Waals surface area contributed by atoms with Crippen molar-refractivity contribution in [3.63, 3.8) is 0 Å². The number of carbonyl (C=O) groups excluding carboxylic acids is 3. The Hall–Kier alpha value is -3.61. The van der Waals surface area contributed by atoms with Crippen LogP contribution >= 0.6 is 0 Å². The molecule has 1 atom stereocenters. The van der Waals surface area contributed by atoms with Crippen molar-refractivity contribution in [1.82, 2.24) is 16.2 Å². The molecule has 1 aromatic heterocycles. The van der Waals surface area contributed by atoms with Crippen LogP contribution in [0.4, 0.5) is 0 Å². The Labute approximate surface area is 181 Å². The molecule has 31 heavy (non-hydrogen) atoms. The first-order valence-corrected chi connectivity index (χ1v) is 10.2. The Morgan fingerprint density at radius 1 is 0.903 bits per heavy atom. The van der Waals surface area contributed by atoms with E-state index in [1.807, 2.05) is 51.1 Å². The Morgan fingerprint density at radius 3 is 2.26 bits per heavy atom. The first kappa shape index (κ1) is 22.1. The lowest BCUT2D eigenvalue weighted by atomic mass is 10.0. The van der Waals surface area contributed by atoms with Crippen LogP contribution in [0.15, 0.2) is 52.9 Å². The number of amides is 3. The van der Waals surface area contributed by atoms with Gasteiger partial charge in [-0.3, -0.25) is 25.2 Å². The molecule has 0 fully saturated rings. The molecule has 3 N–H and O–H groups in total. The number of para-hydroxylation sites is 1. The van der Waals surface area contributed by atoms with E-state index in [1.54, 1.807) is 25.1 Å². The van der Waals surface area contributed by atoms with E-state index in [0.717, 1.165) is 10.9 Å². The van der Waals surface area contributed by atoms with Crippen molar-refractivity contribution in [2.24, 2.45) is 5.92 Å². The number of rotatable bonds is 6. The zero-order valence-electron chi connectivity index (χ0n) is 18.1. The Kier molecular flexibility index (Phi) is 6.74. The molecule has 7 nitrogen and oxygen atoms in total. The van der Waals surface area contributed by atoms with Crippen molar-refractivity contribution in [1.29, 1.82) is 0 Å². The average molecular weight is 421 g/mol. The highest BCUT2D eigenvalue weighted by atomic mass is 16.3. The number of hydrogen-bond donors (Lipinski definition) is 3. The molecule has 0 aliphatic rings. The van der Waals surface area contributed by atoms with E-state index in [2.05, 4.69) is 16.2 Å². The molecule has 0 aliphatic carbocycles. The van der Waals surface area contributed by atoms with Gasteiger partial charge in [0.1, 0.15) is 11.6 Å². The van der Waals surface area contributed by atoms with Gasteiger partial charge in [-0.05, 0) is 43.9 Å². The minimum atomic E-state index is -0.802. The van der Waals surface area contributed by atoms with Crippen LogP contribution in [0.5, 0.6) is 0 Å². The second-order valence-electron chi connectivity index (χ2n) is 7.97. The van der Waals surface area contributed by atoms with Crippen LogP contribution in [-0.2, 0) is 4.79 Å². The van der Waals surface area contributed by atoms with Gasteiger partial charge in [-0.15, -0.1) is 0 Å². The van der Waals surface area contributed by atoms with Gasteiger partial charge in [0.15, 0.2) is 5.76 Å². The van der Waals surface area contributed by atoms with Gasteiger partial charge in [0, 0.05) is 16.5 Å². The van der Waals surface area contributed by atoms with Gasteiger partial charge in [0.25, 0.3) is 11.8 Å². The Balaban J connectivity index is 1.68. The molecule has 1 heterocycles. The summed E-state index contributed by atoms with van der Waals surface area (Å²) in [6.45, 7) is 7.53. The van der Waals surface area contributed by atoms with Crippen molar-refractivity contribution in [3.05, 3.63) is 71.0 Å². The molecule has 0 aliphatic heterocycles. The third-order valence-electron chi connectivity index (χ3n) is 5.07. The second-order valence-corrected chi connectivity index (χ2v) is 7.97. The number of benzene rings is 2. The summed E-state index contributed by atoms with van der Waals surface area (Å²) in [5, 5.41) is 3.61. The van der Waals surface area contributed by atoms with Crippen LogP contribution in [0, 0.1) is 19.8 Å². The number of fused-ring (bicyclic) bond motifs is 1. The van der Waals surface area contributed by atoms with Crippen LogP contribution in [-0.4, -0.2) is 23.8 Å². The highest BCUT2D eigenvalue weighted by Gasteiger charge is 2.24. The molecule has 2 aromatic carbocycles. The van der Waals surface area contributed by atoms with E-state index in [9.17, 15) is 14.4 Å². The number of nitrogens with one attached hydrogen (secondary N) is 3. The van der Waals surface area contributed by atoms with Gasteiger partial charge in [-0.2, -0.15) is 0 Å². The Morgan fingerprint density at radius 2 is 1.58 bits per heavy atom. The molecule has 3 amide bonds. The SMILES string of the molecule is Cc1ccccc1C(=O)N[C@H](CC(C)C)C(=O)NNC(=O)c1oc2ccccc2c1C. The fourth-order valence-electron chi connectivity index (χ4n) is 3.42. The maximum Gasteiger partial charge on any atom is 0.305 e. The number of carbonyl (C=O) groups is 3. The third-order valence-corrected chi connectivity index (χ3v) is 5.07. The number of furan rings is 1. The Bertz CT molecular complexity index is 1120. The molecule has 0 saturated carbocycles. The molecule has 0 spiro atoms. The summed E-state index contributed by atoms with van der Waals surface area (Å²) in [7, 11) is 0. The van der Waals surface area contributed by atoms with Gasteiger partial charge in [0.2, 0.25) is 0 Å². The molecule has 7 heteroatoms. The first-order valence-electron chi connectivity index (χ1n) is 10.2. The molecule has 3 aromatic rings. The van der Waals surface area contributed by atoms with Crippen molar-refractivity contribution in [2.45, 2.75) is 40.2 Å². The average Bonchev–Trinajstić information content (AvgIpc) is 3.08. The van der Waals surface area contributed by atoms with Crippen LogP contribution in [0.2, 0.25) is 0 Å². The van der Waals surface area contributed by atoms with Gasteiger partial charge >= 0.3 is 5.91 Å². The molecule has 0 unspecified atom stereocenters. The minimum absolute atomic E-state index is 0.130. The highest BCUT2D eigenvalue weighted by molar-refractivity contribution is 6.01. The number of hydrogen-bond acceptors (Lipinski definition) is 4. The summed E-state index contributed by atoms with van der Waals surface area (Å²) in [4.78, 5) is 38.0.